The first-order valence-corrected chi connectivity index (χ1v) is 13.7. The highest BCUT2D eigenvalue weighted by Crippen LogP contribution is 2.43. The predicted octanol–water partition coefficient (Wildman–Crippen LogP) is 6.19. The summed E-state index contributed by atoms with van der Waals surface area (Å²) >= 11 is 1.42. The molecule has 0 aliphatic rings. The molecule has 3 N–H and O–H groups in total. The van der Waals surface area contributed by atoms with E-state index in [0.717, 1.165) is 41.9 Å². The number of hydrogen-bond acceptors (Lipinski definition) is 5. The lowest BCUT2D eigenvalue weighted by atomic mass is 9.74. The lowest BCUT2D eigenvalue weighted by Crippen LogP contribution is -2.45. The van der Waals surface area contributed by atoms with Gasteiger partial charge in [-0.3, -0.25) is 9.59 Å². The van der Waals surface area contributed by atoms with Crippen molar-refractivity contribution in [2.45, 2.75) is 98.1 Å². The lowest BCUT2D eigenvalue weighted by molar-refractivity contribution is -0.138. The maximum atomic E-state index is 12.6. The summed E-state index contributed by atoms with van der Waals surface area (Å²) in [5, 5.41) is 22.5. The summed E-state index contributed by atoms with van der Waals surface area (Å²) in [5.74, 6) is -0.643. The monoisotopic (exact) mass is 517 g/mol. The summed E-state index contributed by atoms with van der Waals surface area (Å²) in [7, 11) is 0. The van der Waals surface area contributed by atoms with E-state index in [4.69, 9.17) is 9.84 Å². The molecular weight excluding hydrogens is 474 g/mol. The average molecular weight is 518 g/mol. The van der Waals surface area contributed by atoms with E-state index in [-0.39, 0.29) is 23.3 Å². The number of rotatable bonds is 12. The number of benzene rings is 1. The molecule has 1 unspecified atom stereocenters. The third-order valence-corrected chi connectivity index (χ3v) is 8.77. The molecule has 1 amide bonds. The number of hydrogen-bond donors (Lipinski definition) is 3. The molecule has 200 valence electrons. The lowest BCUT2D eigenvalue weighted by Gasteiger charge is -2.37. The van der Waals surface area contributed by atoms with Gasteiger partial charge >= 0.3 is 5.97 Å². The topological polar surface area (TPSA) is 95.9 Å². The van der Waals surface area contributed by atoms with Crippen LogP contribution in [0.25, 0.3) is 0 Å². The van der Waals surface area contributed by atoms with Crippen LogP contribution in [0.1, 0.15) is 100 Å². The van der Waals surface area contributed by atoms with E-state index in [1.165, 1.54) is 23.8 Å². The van der Waals surface area contributed by atoms with E-state index in [2.05, 4.69) is 38.2 Å². The van der Waals surface area contributed by atoms with E-state index < -0.39 is 17.6 Å². The number of thiophene rings is 1. The number of aryl methyl sites for hydroxylation is 1. The van der Waals surface area contributed by atoms with Crippen molar-refractivity contribution < 1.29 is 24.5 Å². The van der Waals surface area contributed by atoms with Gasteiger partial charge in [-0.1, -0.05) is 60.1 Å². The summed E-state index contributed by atoms with van der Waals surface area (Å²) in [6, 6.07) is 9.14. The molecule has 0 fully saturated rings. The molecule has 2 atom stereocenters. The molecule has 36 heavy (non-hydrogen) atoms. The largest absolute Gasteiger partial charge is 0.490 e. The smallest absolute Gasteiger partial charge is 0.325 e. The number of carbonyl (C=O) groups is 2. The van der Waals surface area contributed by atoms with E-state index in [0.29, 0.717) is 4.88 Å². The van der Waals surface area contributed by atoms with E-state index in [1.54, 1.807) is 6.07 Å². The molecule has 0 aliphatic heterocycles. The Bertz CT molecular complexity index is 1050. The van der Waals surface area contributed by atoms with Crippen LogP contribution in [0.3, 0.4) is 0 Å². The van der Waals surface area contributed by atoms with Gasteiger partial charge in [0.15, 0.2) is 0 Å². The van der Waals surface area contributed by atoms with Gasteiger partial charge in [0, 0.05) is 10.3 Å². The SMILES string of the molecule is CCCc1cc(C(CC)(CC)c2ccc(C(=O)N[C@@H](C)C(=O)O)s2)ccc1OCC(C)(O)C(C)(C)C. The quantitative estimate of drug-likeness (QED) is 0.312. The minimum absolute atomic E-state index is 0.206. The highest BCUT2D eigenvalue weighted by Gasteiger charge is 2.37. The van der Waals surface area contributed by atoms with Gasteiger partial charge in [-0.2, -0.15) is 0 Å². The van der Waals surface area contributed by atoms with Crippen LogP contribution in [0.15, 0.2) is 30.3 Å². The molecule has 0 saturated heterocycles. The maximum Gasteiger partial charge on any atom is 0.325 e. The third kappa shape index (κ3) is 6.48. The van der Waals surface area contributed by atoms with Crippen molar-refractivity contribution in [3.05, 3.63) is 51.2 Å². The van der Waals surface area contributed by atoms with Crippen LogP contribution in [-0.2, 0) is 16.6 Å². The van der Waals surface area contributed by atoms with Crippen LogP contribution >= 0.6 is 11.3 Å². The van der Waals surface area contributed by atoms with Gasteiger partial charge in [-0.15, -0.1) is 11.3 Å². The Morgan fingerprint density at radius 1 is 1.06 bits per heavy atom. The summed E-state index contributed by atoms with van der Waals surface area (Å²) in [6.07, 6.45) is 3.52. The number of aliphatic carboxylic acids is 1. The average Bonchev–Trinajstić information content (AvgIpc) is 3.30. The van der Waals surface area contributed by atoms with Crippen molar-refractivity contribution in [3.8, 4) is 5.75 Å². The number of amides is 1. The maximum absolute atomic E-state index is 12.6. The van der Waals surface area contributed by atoms with Crippen LogP contribution in [0.4, 0.5) is 0 Å². The van der Waals surface area contributed by atoms with Crippen LogP contribution < -0.4 is 10.1 Å². The van der Waals surface area contributed by atoms with Crippen LogP contribution in [0.5, 0.6) is 5.75 Å². The third-order valence-electron chi connectivity index (χ3n) is 7.48. The fraction of sp³-hybridized carbons (Fsp3) is 0.586. The molecule has 0 saturated carbocycles. The van der Waals surface area contributed by atoms with E-state index in [1.807, 2.05) is 39.8 Å². The molecule has 7 heteroatoms. The summed E-state index contributed by atoms with van der Waals surface area (Å²) in [6.45, 7) is 15.9. The molecule has 0 spiro atoms. The van der Waals surface area contributed by atoms with Crippen molar-refractivity contribution >= 4 is 23.2 Å². The van der Waals surface area contributed by atoms with Crippen molar-refractivity contribution in [2.75, 3.05) is 6.61 Å². The van der Waals surface area contributed by atoms with Crippen molar-refractivity contribution in [2.24, 2.45) is 5.41 Å². The van der Waals surface area contributed by atoms with Gasteiger partial charge in [0.05, 0.1) is 4.88 Å². The zero-order valence-electron chi connectivity index (χ0n) is 23.0. The second-order valence-electron chi connectivity index (χ2n) is 10.9. The highest BCUT2D eigenvalue weighted by molar-refractivity contribution is 7.14. The Hall–Kier alpha value is -2.38. The van der Waals surface area contributed by atoms with Crippen molar-refractivity contribution in [1.29, 1.82) is 0 Å². The number of aliphatic hydroxyl groups is 1. The fourth-order valence-corrected chi connectivity index (χ4v) is 5.38. The molecule has 2 aromatic rings. The van der Waals surface area contributed by atoms with Gasteiger partial charge in [0.25, 0.3) is 5.91 Å². The predicted molar refractivity (Wildman–Crippen MR) is 146 cm³/mol. The van der Waals surface area contributed by atoms with E-state index >= 15 is 0 Å². The number of carboxylic acid groups (broad SMARTS) is 1. The van der Waals surface area contributed by atoms with Crippen LogP contribution in [-0.4, -0.2) is 40.3 Å². The molecule has 0 aliphatic carbocycles. The first-order valence-electron chi connectivity index (χ1n) is 12.8. The van der Waals surface area contributed by atoms with E-state index in [9.17, 15) is 14.7 Å². The Balaban J connectivity index is 2.42. The molecule has 2 rings (SSSR count). The Labute approximate surface area is 220 Å². The first-order chi connectivity index (χ1) is 16.7. The first kappa shape index (κ1) is 29.8. The molecule has 0 bridgehead atoms. The van der Waals surface area contributed by atoms with Gasteiger partial charge in [-0.25, -0.2) is 0 Å². The van der Waals surface area contributed by atoms with Gasteiger partial charge < -0.3 is 20.3 Å². The molecule has 1 aromatic carbocycles. The Kier molecular flexibility index (Phi) is 9.77. The Morgan fingerprint density at radius 2 is 1.69 bits per heavy atom. The van der Waals surface area contributed by atoms with Gasteiger partial charge in [-0.05, 0) is 67.9 Å². The summed E-state index contributed by atoms with van der Waals surface area (Å²) in [4.78, 5) is 25.3. The summed E-state index contributed by atoms with van der Waals surface area (Å²) < 4.78 is 6.17. The zero-order valence-corrected chi connectivity index (χ0v) is 23.8. The highest BCUT2D eigenvalue weighted by atomic mass is 32.1. The number of ether oxygens (including phenoxy) is 1. The molecule has 1 heterocycles. The summed E-state index contributed by atoms with van der Waals surface area (Å²) in [5.41, 5.74) is 0.703. The second kappa shape index (κ2) is 11.8. The van der Waals surface area contributed by atoms with Crippen LogP contribution in [0, 0.1) is 5.41 Å². The minimum atomic E-state index is -1.06. The molecule has 1 aromatic heterocycles. The number of nitrogens with one attached hydrogen (secondary N) is 1. The number of carbonyl (C=O) groups excluding carboxylic acids is 1. The zero-order chi connectivity index (χ0) is 27.3. The number of carboxylic acids is 1. The molecule has 0 radical (unpaired) electrons. The Morgan fingerprint density at radius 3 is 2.22 bits per heavy atom. The second-order valence-corrected chi connectivity index (χ2v) is 12.0. The van der Waals surface area contributed by atoms with Crippen LogP contribution in [0.2, 0.25) is 0 Å². The van der Waals surface area contributed by atoms with Gasteiger partial charge in [0.1, 0.15) is 24.0 Å². The standard InChI is InChI=1S/C29H43NO5S/c1-9-12-20-17-21(13-14-22(20)35-18-28(8,34)27(5,6)7)29(10-2,11-3)24-16-15-23(36-24)25(31)30-19(4)26(32)33/h13-17,19,34H,9-12,18H2,1-8H3,(H,30,31)(H,32,33)/t19-,28?/m0/s1. The molecular formula is C29H43NO5S. The van der Waals surface area contributed by atoms with Gasteiger partial charge in [0.2, 0.25) is 0 Å². The molecule has 6 nitrogen and oxygen atoms in total. The minimum Gasteiger partial charge on any atom is -0.490 e. The normalized spacial score (nSPS) is 14.7. The van der Waals surface area contributed by atoms with Crippen molar-refractivity contribution in [3.63, 3.8) is 0 Å². The fourth-order valence-electron chi connectivity index (χ4n) is 4.11. The van der Waals surface area contributed by atoms with Crippen molar-refractivity contribution in [1.82, 2.24) is 5.32 Å².